The number of nitrogens with one attached hydrogen (secondary N) is 4. The summed E-state index contributed by atoms with van der Waals surface area (Å²) in [5.41, 5.74) is 0. The van der Waals surface area contributed by atoms with Crippen LogP contribution in [0.15, 0.2) is 0 Å². The summed E-state index contributed by atoms with van der Waals surface area (Å²) in [6.07, 6.45) is 31.4. The predicted molar refractivity (Wildman–Crippen MR) is 341 cm³/mol. The molecule has 4 N–H and O–H groups in total. The molecule has 4 unspecified atom stereocenters. The molecule has 0 aliphatic rings. The molecule has 0 aromatic carbocycles. The van der Waals surface area contributed by atoms with Crippen LogP contribution in [0.1, 0.15) is 272 Å². The zero-order valence-electron chi connectivity index (χ0n) is 54.5. The van der Waals surface area contributed by atoms with Crippen LogP contribution in [0.2, 0.25) is 0 Å². The Morgan fingerprint density at radius 3 is 0.895 bits per heavy atom. The van der Waals surface area contributed by atoms with E-state index in [1.54, 1.807) is 0 Å². The average molecular weight is 1260 g/mol. The largest absolute Gasteiger partial charge is 0.379 e. The van der Waals surface area contributed by atoms with Gasteiger partial charge >= 0.3 is 15.2 Å². The van der Waals surface area contributed by atoms with Crippen molar-refractivity contribution in [3.8, 4) is 0 Å². The molecule has 0 spiro atoms. The fourth-order valence-corrected chi connectivity index (χ4v) is 11.2. The Hall–Kier alpha value is -3.22. The molecule has 0 saturated carbocycles. The first-order valence-electron chi connectivity index (χ1n) is 33.4. The van der Waals surface area contributed by atoms with Crippen molar-refractivity contribution < 1.29 is 75.1 Å². The van der Waals surface area contributed by atoms with Crippen LogP contribution < -0.4 is 21.3 Å². The smallest absolute Gasteiger partial charge is 0.327 e. The summed E-state index contributed by atoms with van der Waals surface area (Å²) < 4.78 is 60.2. The van der Waals surface area contributed by atoms with Gasteiger partial charge < -0.3 is 48.8 Å². The third kappa shape index (κ3) is 56.0. The van der Waals surface area contributed by atoms with Gasteiger partial charge in [-0.3, -0.25) is 47.5 Å². The van der Waals surface area contributed by atoms with Gasteiger partial charge in [0.05, 0.1) is 77.8 Å². The van der Waals surface area contributed by atoms with Gasteiger partial charge in [-0.1, -0.05) is 182 Å². The number of Topliss-reactive ketones (excluding diaryl/α,β-unsaturated/α-hetero) is 4. The second kappa shape index (κ2) is 57.0. The fourth-order valence-electron chi connectivity index (χ4n) is 9.28. The van der Waals surface area contributed by atoms with Crippen LogP contribution in [0.5, 0.6) is 0 Å². The fraction of sp³-hybridized carbons (Fsp3) is 0.875. The zero-order valence-corrected chi connectivity index (χ0v) is 56.3. The van der Waals surface area contributed by atoms with Gasteiger partial charge in [0.25, 0.3) is 0 Å². The lowest BCUT2D eigenvalue weighted by Gasteiger charge is -2.21. The number of unbranched alkanes of at least 4 members (excludes halogenated alkanes) is 24. The van der Waals surface area contributed by atoms with Crippen molar-refractivity contribution in [1.29, 1.82) is 0 Å². The first-order valence-corrected chi connectivity index (χ1v) is 37.4. The van der Waals surface area contributed by atoms with Crippen molar-refractivity contribution in [3.05, 3.63) is 0 Å². The van der Waals surface area contributed by atoms with Crippen LogP contribution in [-0.4, -0.2) is 138 Å². The van der Waals surface area contributed by atoms with Gasteiger partial charge in [0.1, 0.15) is 23.1 Å². The molecule has 0 aliphatic heterocycles. The molecule has 0 fully saturated rings. The molecule has 0 aliphatic carbocycles. The summed E-state index contributed by atoms with van der Waals surface area (Å²) in [7, 11) is -7.43. The highest BCUT2D eigenvalue weighted by Gasteiger charge is 2.25. The Kier molecular flexibility index (Phi) is 54.8. The minimum absolute atomic E-state index is 0.0502. The van der Waals surface area contributed by atoms with Crippen LogP contribution in [0.3, 0.4) is 0 Å². The Morgan fingerprint density at radius 1 is 0.314 bits per heavy atom. The predicted octanol–water partition coefficient (Wildman–Crippen LogP) is 13.1. The number of ketones is 4. The number of carbonyl (C=O) groups is 8. The minimum Gasteiger partial charge on any atom is -0.379 e. The van der Waals surface area contributed by atoms with Crippen molar-refractivity contribution in [3.63, 3.8) is 0 Å². The third-order valence-corrected chi connectivity index (χ3v) is 17.0. The highest BCUT2D eigenvalue weighted by molar-refractivity contribution is 7.53. The average Bonchev–Trinajstić information content (AvgIpc) is 3.48. The molecule has 0 aromatic heterocycles. The highest BCUT2D eigenvalue weighted by Crippen LogP contribution is 2.44. The first kappa shape index (κ1) is 82.8. The van der Waals surface area contributed by atoms with Crippen molar-refractivity contribution in [1.82, 2.24) is 21.3 Å². The van der Waals surface area contributed by atoms with Crippen molar-refractivity contribution in [2.45, 2.75) is 284 Å². The van der Waals surface area contributed by atoms with Crippen LogP contribution in [0.4, 0.5) is 0 Å². The Bertz CT molecular complexity index is 1780. The molecule has 0 heterocycles. The van der Waals surface area contributed by atoms with Gasteiger partial charge in [-0.25, -0.2) is 0 Å². The van der Waals surface area contributed by atoms with Crippen molar-refractivity contribution in [2.24, 2.45) is 0 Å². The number of hydrogen-bond donors (Lipinski definition) is 4. The summed E-state index contributed by atoms with van der Waals surface area (Å²) in [6.45, 7) is 10.3. The quantitative estimate of drug-likeness (QED) is 0.0250. The van der Waals surface area contributed by atoms with Gasteiger partial charge in [0.2, 0.25) is 23.6 Å². The molecule has 22 heteroatoms. The van der Waals surface area contributed by atoms with Crippen LogP contribution in [0.25, 0.3) is 0 Å². The van der Waals surface area contributed by atoms with Gasteiger partial charge in [-0.05, 0) is 25.7 Å². The summed E-state index contributed by atoms with van der Waals surface area (Å²) in [6, 6.07) is -1.59. The number of rotatable bonds is 65. The van der Waals surface area contributed by atoms with Crippen LogP contribution in [0, 0.1) is 0 Å². The van der Waals surface area contributed by atoms with E-state index < -0.39 is 50.9 Å². The van der Waals surface area contributed by atoms with E-state index in [1.807, 2.05) is 0 Å². The minimum atomic E-state index is -3.72. The van der Waals surface area contributed by atoms with E-state index in [1.165, 1.54) is 77.5 Å². The Morgan fingerprint density at radius 2 is 0.593 bits per heavy atom. The second-order valence-electron chi connectivity index (χ2n) is 23.2. The number of amides is 4. The molecule has 0 radical (unpaired) electrons. The first-order chi connectivity index (χ1) is 41.3. The molecule has 0 rings (SSSR count). The molecule has 86 heavy (non-hydrogen) atoms. The van der Waals surface area contributed by atoms with E-state index in [2.05, 4.69) is 49.0 Å². The number of ether oxygens (including phenoxy) is 2. The lowest BCUT2D eigenvalue weighted by atomic mass is 10.0. The summed E-state index contributed by atoms with van der Waals surface area (Å²) in [5.74, 6) is -2.14. The standard InChI is InChI=1S/C64H120N4O16P2/c1-7-11-15-19-21-23-25-29-33-37-59(71)49-63(75)67-55(51-79-45-41-57(69)35-31-27-17-13-9-3)53-83-85(5,77)81-47-43-65-61(73)39-40-62(74)66-44-48-82-86(6,78)84-54-56(52-80-46-42-58(70)36-32-28-18-14-10-4)68-64(76)50-60(72)38-34-30-26-24-22-20-16-12-8-2/h55-56H,7-54H2,1-6H3,(H,65,73)(H,66,74)(H,67,75)(H,68,76). The normalized spacial score (nSPS) is 13.5. The topological polar surface area (TPSA) is 274 Å². The summed E-state index contributed by atoms with van der Waals surface area (Å²) >= 11 is 0. The Labute approximate surface area is 519 Å². The number of hydrogen-bond acceptors (Lipinski definition) is 16. The third-order valence-electron chi connectivity index (χ3n) is 14.5. The number of carbonyl (C=O) groups excluding carboxylic acids is 8. The van der Waals surface area contributed by atoms with E-state index in [-0.39, 0.29) is 128 Å². The zero-order chi connectivity index (χ0) is 63.8. The molecular formula is C64H120N4O16P2. The molecule has 502 valence electrons. The molecule has 0 saturated heterocycles. The lowest BCUT2D eigenvalue weighted by molar-refractivity contribution is -0.130. The van der Waals surface area contributed by atoms with Crippen LogP contribution >= 0.6 is 15.2 Å². The van der Waals surface area contributed by atoms with Crippen LogP contribution in [-0.2, 0) is 75.1 Å². The molecule has 20 nitrogen and oxygen atoms in total. The molecule has 4 amide bonds. The van der Waals surface area contributed by atoms with Crippen molar-refractivity contribution in [2.75, 3.05) is 79.3 Å². The summed E-state index contributed by atoms with van der Waals surface area (Å²) in [5, 5.41) is 10.7. The van der Waals surface area contributed by atoms with Gasteiger partial charge in [-0.15, -0.1) is 0 Å². The van der Waals surface area contributed by atoms with E-state index in [0.29, 0.717) is 25.7 Å². The maximum absolute atomic E-state index is 13.3. The van der Waals surface area contributed by atoms with E-state index in [0.717, 1.165) is 116 Å². The van der Waals surface area contributed by atoms with Gasteiger partial charge in [0, 0.05) is 77.8 Å². The summed E-state index contributed by atoms with van der Waals surface area (Å²) in [4.78, 5) is 101. The van der Waals surface area contributed by atoms with Gasteiger partial charge in [-0.2, -0.15) is 0 Å². The molecule has 4 atom stereocenters. The Balaban J connectivity index is 4.96. The lowest BCUT2D eigenvalue weighted by Crippen LogP contribution is -2.42. The highest BCUT2D eigenvalue weighted by atomic mass is 31.2. The monoisotopic (exact) mass is 1260 g/mol. The van der Waals surface area contributed by atoms with E-state index in [4.69, 9.17) is 27.6 Å². The van der Waals surface area contributed by atoms with E-state index in [9.17, 15) is 47.5 Å². The SMILES string of the molecule is CCCCCCCCCCCC(=O)CC(=O)NC(COCCC(=O)CCCCCCC)COP(C)(=O)OCCNC(=O)CCC(=O)NCCOP(C)(=O)OCC(COCCC(=O)CCCCCCC)NC(=O)CC(=O)CCCCCCCCCCC. The molecular weight excluding hydrogens is 1140 g/mol. The van der Waals surface area contributed by atoms with Gasteiger partial charge in [0.15, 0.2) is 0 Å². The maximum Gasteiger partial charge on any atom is 0.327 e. The van der Waals surface area contributed by atoms with Crippen molar-refractivity contribution >= 4 is 62.0 Å². The molecule has 0 bridgehead atoms. The second-order valence-corrected chi connectivity index (χ2v) is 27.3. The van der Waals surface area contributed by atoms with E-state index >= 15 is 0 Å². The molecule has 0 aromatic rings. The maximum atomic E-state index is 13.3.